The third-order valence-corrected chi connectivity index (χ3v) is 7.17. The largest absolute Gasteiger partial charge is 0.447 e. The monoisotopic (exact) mass is 532 g/mol. The van der Waals surface area contributed by atoms with Gasteiger partial charge in [0.25, 0.3) is 5.91 Å². The van der Waals surface area contributed by atoms with Crippen LogP contribution < -0.4 is 16.4 Å². The summed E-state index contributed by atoms with van der Waals surface area (Å²) in [5.41, 5.74) is 6.80. The van der Waals surface area contributed by atoms with Gasteiger partial charge in [-0.15, -0.1) is 0 Å². The minimum Gasteiger partial charge on any atom is -0.447 e. The number of rotatable bonds is 7. The van der Waals surface area contributed by atoms with Crippen molar-refractivity contribution < 1.29 is 34.1 Å². The van der Waals surface area contributed by atoms with E-state index in [1.54, 1.807) is 11.8 Å². The van der Waals surface area contributed by atoms with Crippen LogP contribution in [0.1, 0.15) is 38.2 Å². The second kappa shape index (κ2) is 10.7. The van der Waals surface area contributed by atoms with E-state index in [0.29, 0.717) is 49.5 Å². The van der Waals surface area contributed by atoms with Gasteiger partial charge in [0.1, 0.15) is 30.2 Å². The number of hydrogen-bond acceptors (Lipinski definition) is 11. The van der Waals surface area contributed by atoms with E-state index < -0.39 is 36.5 Å². The number of β-lactam (4-membered cyclic amide) rings is 1. The van der Waals surface area contributed by atoms with Gasteiger partial charge in [-0.25, -0.2) is 19.7 Å². The molecule has 3 aliphatic rings. The van der Waals surface area contributed by atoms with E-state index in [-0.39, 0.29) is 30.3 Å². The van der Waals surface area contributed by atoms with Crippen molar-refractivity contribution in [1.29, 1.82) is 0 Å². The fourth-order valence-electron chi connectivity index (χ4n) is 5.02. The quantitative estimate of drug-likeness (QED) is 0.258. The summed E-state index contributed by atoms with van der Waals surface area (Å²) in [6, 6.07) is -0.103. The van der Waals surface area contributed by atoms with Crippen molar-refractivity contribution in [3.63, 3.8) is 0 Å². The molecule has 0 aromatic carbocycles. The Morgan fingerprint density at radius 3 is 2.68 bits per heavy atom. The normalized spacial score (nSPS) is 27.7. The third kappa shape index (κ3) is 5.08. The average molecular weight is 533 g/mol. The first-order chi connectivity index (χ1) is 18.2. The van der Waals surface area contributed by atoms with Crippen LogP contribution in [-0.4, -0.2) is 103 Å². The molecule has 0 radical (unpaired) electrons. The Morgan fingerprint density at radius 1 is 1.26 bits per heavy atom. The molecule has 3 saturated heterocycles. The molecule has 0 spiro atoms. The van der Waals surface area contributed by atoms with Gasteiger partial charge in [0.15, 0.2) is 23.8 Å². The summed E-state index contributed by atoms with van der Waals surface area (Å²) in [5.74, 6) is 0.290. The van der Waals surface area contributed by atoms with Gasteiger partial charge in [-0.05, 0) is 25.7 Å². The highest BCUT2D eigenvalue weighted by Gasteiger charge is 2.47. The lowest BCUT2D eigenvalue weighted by molar-refractivity contribution is -0.137. The molecule has 2 aromatic heterocycles. The Bertz CT molecular complexity index is 1210. The van der Waals surface area contributed by atoms with Crippen LogP contribution in [0.4, 0.5) is 10.6 Å². The predicted octanol–water partition coefficient (Wildman–Crippen LogP) is -1.56. The molecule has 206 valence electrons. The lowest BCUT2D eigenvalue weighted by Gasteiger charge is -2.32. The average Bonchev–Trinajstić information content (AvgIpc) is 3.42. The molecule has 38 heavy (non-hydrogen) atoms. The number of aliphatic hydroxyl groups excluding tert-OH is 2. The van der Waals surface area contributed by atoms with Crippen LogP contribution in [0.2, 0.25) is 0 Å². The molecule has 5 rings (SSSR count). The molecule has 3 aliphatic heterocycles. The topological polar surface area (TPSA) is 207 Å². The van der Waals surface area contributed by atoms with Crippen molar-refractivity contribution in [2.45, 2.75) is 63.2 Å². The Balaban J connectivity index is 1.22. The highest BCUT2D eigenvalue weighted by Crippen LogP contribution is 2.32. The molecule has 0 saturated carbocycles. The van der Waals surface area contributed by atoms with Gasteiger partial charge in [-0.2, -0.15) is 0 Å². The fourth-order valence-corrected chi connectivity index (χ4v) is 5.02. The maximum atomic E-state index is 12.3. The SMILES string of the molecule is CCNC(=O)[C@H]1O[C@@H](n2cnc3c(N)nc(CC4CCN(C(=O)OCC5CC(=O)N5)CC4)nc32)C(O)C1O. The number of hydrogen-bond donors (Lipinski definition) is 5. The number of likely N-dealkylation sites (tertiary alicyclic amines) is 1. The molecule has 2 aromatic rings. The lowest BCUT2D eigenvalue weighted by Crippen LogP contribution is -2.52. The van der Waals surface area contributed by atoms with E-state index in [9.17, 15) is 24.6 Å². The first-order valence-electron chi connectivity index (χ1n) is 12.7. The van der Waals surface area contributed by atoms with Gasteiger partial charge in [0.05, 0.1) is 18.8 Å². The zero-order valence-electron chi connectivity index (χ0n) is 20.9. The number of nitrogens with one attached hydrogen (secondary N) is 2. The van der Waals surface area contributed by atoms with Crippen molar-refractivity contribution in [2.24, 2.45) is 5.92 Å². The Hall–Kier alpha value is -3.56. The molecule has 15 nitrogen and oxygen atoms in total. The van der Waals surface area contributed by atoms with Gasteiger partial charge in [-0.1, -0.05) is 0 Å². The number of piperidine rings is 1. The summed E-state index contributed by atoms with van der Waals surface area (Å²) < 4.78 is 12.5. The van der Waals surface area contributed by atoms with Gasteiger partial charge in [0.2, 0.25) is 5.91 Å². The number of imidazole rings is 1. The van der Waals surface area contributed by atoms with Crippen molar-refractivity contribution >= 4 is 34.9 Å². The van der Waals surface area contributed by atoms with E-state index in [0.717, 1.165) is 12.8 Å². The van der Waals surface area contributed by atoms with Crippen LogP contribution in [0.3, 0.4) is 0 Å². The van der Waals surface area contributed by atoms with E-state index in [1.165, 1.54) is 10.9 Å². The van der Waals surface area contributed by atoms with E-state index in [4.69, 9.17) is 15.2 Å². The van der Waals surface area contributed by atoms with Crippen molar-refractivity contribution in [3.8, 4) is 0 Å². The van der Waals surface area contributed by atoms with Crippen LogP contribution in [0, 0.1) is 5.92 Å². The molecular weight excluding hydrogens is 500 g/mol. The fraction of sp³-hybridized carbons (Fsp3) is 0.652. The predicted molar refractivity (Wildman–Crippen MR) is 130 cm³/mol. The molecule has 3 fully saturated rings. The van der Waals surface area contributed by atoms with Crippen molar-refractivity contribution in [1.82, 2.24) is 35.1 Å². The number of aromatic nitrogens is 4. The molecule has 3 amide bonds. The summed E-state index contributed by atoms with van der Waals surface area (Å²) in [6.45, 7) is 3.32. The van der Waals surface area contributed by atoms with E-state index in [2.05, 4.69) is 25.6 Å². The number of fused-ring (bicyclic) bond motifs is 1. The maximum absolute atomic E-state index is 12.3. The Kier molecular flexibility index (Phi) is 7.32. The first-order valence-corrected chi connectivity index (χ1v) is 12.7. The molecular formula is C23H32N8O7. The van der Waals surface area contributed by atoms with E-state index in [1.807, 2.05) is 0 Å². The van der Waals surface area contributed by atoms with Crippen LogP contribution in [0.25, 0.3) is 11.2 Å². The Morgan fingerprint density at radius 2 is 2.00 bits per heavy atom. The Labute approximate surface area is 217 Å². The van der Waals surface area contributed by atoms with Gasteiger partial charge in [-0.3, -0.25) is 14.2 Å². The minimum atomic E-state index is -1.42. The van der Waals surface area contributed by atoms with Crippen molar-refractivity contribution in [2.75, 3.05) is 32.0 Å². The van der Waals surface area contributed by atoms with Crippen LogP contribution in [-0.2, 0) is 25.5 Å². The molecule has 0 bridgehead atoms. The first kappa shape index (κ1) is 26.1. The highest BCUT2D eigenvalue weighted by atomic mass is 16.6. The smallest absolute Gasteiger partial charge is 0.409 e. The number of carbonyl (C=O) groups excluding carboxylic acids is 3. The van der Waals surface area contributed by atoms with Gasteiger partial charge < -0.3 is 41.0 Å². The standard InChI is InChI=1S/C23H32N8O7/c1-2-25-21(35)18-16(33)17(34)22(38-18)31-10-26-15-19(24)28-13(29-20(15)31)7-11-3-5-30(6-4-11)23(36)37-9-12-8-14(32)27-12/h10-12,16-18,22,33-34H,2-9H2,1H3,(H,25,35)(H,27,32)(H2,24,28,29)/t12?,16?,17?,18-,22+/m0/s1. The third-order valence-electron chi connectivity index (χ3n) is 7.17. The van der Waals surface area contributed by atoms with Gasteiger partial charge in [0, 0.05) is 26.1 Å². The lowest BCUT2D eigenvalue weighted by atomic mass is 9.93. The number of anilines is 1. The molecule has 15 heteroatoms. The summed E-state index contributed by atoms with van der Waals surface area (Å²) in [6.07, 6.45) is -1.80. The maximum Gasteiger partial charge on any atom is 0.409 e. The van der Waals surface area contributed by atoms with Crippen LogP contribution in [0.5, 0.6) is 0 Å². The second-order valence-corrected chi connectivity index (χ2v) is 9.85. The van der Waals surface area contributed by atoms with E-state index >= 15 is 0 Å². The number of likely N-dealkylation sites (N-methyl/N-ethyl adjacent to an activating group) is 1. The number of nitrogens with zero attached hydrogens (tertiary/aromatic N) is 5. The number of carbonyl (C=O) groups is 3. The zero-order valence-corrected chi connectivity index (χ0v) is 20.9. The van der Waals surface area contributed by atoms with Crippen LogP contribution >= 0.6 is 0 Å². The highest BCUT2D eigenvalue weighted by molar-refractivity contribution is 5.83. The summed E-state index contributed by atoms with van der Waals surface area (Å²) in [5, 5.41) is 26.2. The second-order valence-electron chi connectivity index (χ2n) is 9.85. The van der Waals surface area contributed by atoms with Crippen molar-refractivity contribution in [3.05, 3.63) is 12.2 Å². The summed E-state index contributed by atoms with van der Waals surface area (Å²) in [7, 11) is 0. The summed E-state index contributed by atoms with van der Waals surface area (Å²) in [4.78, 5) is 50.5. The molecule has 3 unspecified atom stereocenters. The number of nitrogen functional groups attached to an aromatic ring is 1. The number of aliphatic hydroxyl groups is 2. The number of ether oxygens (including phenoxy) is 2. The molecule has 5 atom stereocenters. The number of nitrogens with two attached hydrogens (primary N) is 1. The molecule has 5 heterocycles. The minimum absolute atomic E-state index is 0.0379. The molecule has 6 N–H and O–H groups in total. The van der Waals surface area contributed by atoms with Gasteiger partial charge >= 0.3 is 6.09 Å². The molecule has 0 aliphatic carbocycles. The zero-order chi connectivity index (χ0) is 27.0. The summed E-state index contributed by atoms with van der Waals surface area (Å²) >= 11 is 0. The van der Waals surface area contributed by atoms with Crippen LogP contribution in [0.15, 0.2) is 6.33 Å². The number of amides is 3.